The van der Waals surface area contributed by atoms with Gasteiger partial charge in [0.05, 0.1) is 35.4 Å². The van der Waals surface area contributed by atoms with Gasteiger partial charge in [-0.25, -0.2) is 14.3 Å². The van der Waals surface area contributed by atoms with Gasteiger partial charge in [-0.1, -0.05) is 65.3 Å². The molecule has 1 unspecified atom stereocenters. The van der Waals surface area contributed by atoms with Gasteiger partial charge in [0.1, 0.15) is 46.3 Å². The van der Waals surface area contributed by atoms with E-state index in [1.807, 2.05) is 30.3 Å². The molecule has 2 saturated heterocycles. The molecule has 5 heterocycles. The third kappa shape index (κ3) is 6.10. The molecule has 0 amide bonds. The van der Waals surface area contributed by atoms with Crippen molar-refractivity contribution in [1.29, 1.82) is 0 Å². The molecule has 6 atom stereocenters. The lowest BCUT2D eigenvalue weighted by molar-refractivity contribution is -0.320. The summed E-state index contributed by atoms with van der Waals surface area (Å²) in [5.41, 5.74) is 0.630. The number of hydrogen-bond acceptors (Lipinski definition) is 9. The summed E-state index contributed by atoms with van der Waals surface area (Å²) in [5, 5.41) is 15.9. The molecule has 2 aliphatic rings. The van der Waals surface area contributed by atoms with Crippen LogP contribution in [0.3, 0.4) is 0 Å². The number of rotatable bonds is 7. The zero-order valence-corrected chi connectivity index (χ0v) is 26.7. The van der Waals surface area contributed by atoms with Crippen molar-refractivity contribution in [2.75, 3.05) is 13.7 Å². The fraction of sp³-hybridized carbons (Fsp3) is 0.290. The third-order valence-corrected chi connectivity index (χ3v) is 9.38. The Morgan fingerprint density at radius 1 is 1.11 bits per heavy atom. The Bertz CT molecular complexity index is 1900. The van der Waals surface area contributed by atoms with Gasteiger partial charge >= 0.3 is 6.18 Å². The maximum absolute atomic E-state index is 14.3. The van der Waals surface area contributed by atoms with Gasteiger partial charge in [0, 0.05) is 23.1 Å². The van der Waals surface area contributed by atoms with Crippen molar-refractivity contribution >= 4 is 40.6 Å². The molecule has 2 aliphatic heterocycles. The van der Waals surface area contributed by atoms with Crippen LogP contribution in [0, 0.1) is 0 Å². The number of halogens is 5. The van der Waals surface area contributed by atoms with Crippen molar-refractivity contribution in [3.63, 3.8) is 0 Å². The van der Waals surface area contributed by atoms with Gasteiger partial charge in [0.15, 0.2) is 6.29 Å². The van der Waals surface area contributed by atoms with Crippen molar-refractivity contribution in [2.45, 2.75) is 42.9 Å². The van der Waals surface area contributed by atoms with Gasteiger partial charge in [-0.05, 0) is 30.3 Å². The normalized spacial score (nSPS) is 24.6. The van der Waals surface area contributed by atoms with E-state index in [0.29, 0.717) is 21.5 Å². The van der Waals surface area contributed by atoms with Crippen LogP contribution >= 0.6 is 34.5 Å². The predicted octanol–water partition coefficient (Wildman–Crippen LogP) is 7.37. The Morgan fingerprint density at radius 3 is 2.62 bits per heavy atom. The fourth-order valence-corrected chi connectivity index (χ4v) is 6.97. The third-order valence-electron chi connectivity index (χ3n) is 7.96. The van der Waals surface area contributed by atoms with Crippen LogP contribution in [-0.4, -0.2) is 61.8 Å². The molecule has 0 bridgehead atoms. The molecule has 0 N–H and O–H groups in total. The maximum Gasteiger partial charge on any atom is 0.418 e. The zero-order chi connectivity index (χ0) is 32.9. The number of alkyl halides is 3. The van der Waals surface area contributed by atoms with Crippen LogP contribution in [0.5, 0.6) is 0 Å². The second-order valence-corrected chi connectivity index (χ2v) is 12.5. The molecule has 47 heavy (non-hydrogen) atoms. The zero-order valence-electron chi connectivity index (χ0n) is 24.4. The van der Waals surface area contributed by atoms with E-state index in [4.69, 9.17) is 42.1 Å². The van der Waals surface area contributed by atoms with Crippen LogP contribution < -0.4 is 0 Å². The van der Waals surface area contributed by atoms with Crippen LogP contribution in [0.25, 0.3) is 22.5 Å². The molecule has 0 aliphatic carbocycles. The van der Waals surface area contributed by atoms with Crippen molar-refractivity contribution in [3.05, 3.63) is 105 Å². The van der Waals surface area contributed by atoms with Crippen LogP contribution in [0.1, 0.15) is 41.0 Å². The number of thiazole rings is 1. The molecular weight excluding hydrogens is 680 g/mol. The highest BCUT2D eigenvalue weighted by Crippen LogP contribution is 2.46. The van der Waals surface area contributed by atoms with Gasteiger partial charge in [0.25, 0.3) is 0 Å². The van der Waals surface area contributed by atoms with Crippen LogP contribution in [-0.2, 0) is 25.1 Å². The van der Waals surface area contributed by atoms with Crippen molar-refractivity contribution in [2.24, 2.45) is 0 Å². The first-order valence-corrected chi connectivity index (χ1v) is 15.9. The van der Waals surface area contributed by atoms with Gasteiger partial charge in [-0.2, -0.15) is 18.3 Å². The van der Waals surface area contributed by atoms with Crippen molar-refractivity contribution in [3.8, 4) is 16.4 Å². The smallest absolute Gasteiger partial charge is 0.376 e. The van der Waals surface area contributed by atoms with Gasteiger partial charge in [-0.15, -0.1) is 16.4 Å². The number of nitrogens with zero attached hydrogens (tertiary/aromatic N) is 6. The second-order valence-electron chi connectivity index (χ2n) is 10.8. The summed E-state index contributed by atoms with van der Waals surface area (Å²) in [6, 6.07) is 13.6. The number of fused-ring (bicyclic) bond motifs is 1. The summed E-state index contributed by atoms with van der Waals surface area (Å²) in [4.78, 5) is 4.30. The number of aromatic nitrogens is 6. The van der Waals surface area contributed by atoms with E-state index >= 15 is 0 Å². The highest BCUT2D eigenvalue weighted by atomic mass is 35.5. The lowest BCUT2D eigenvalue weighted by Gasteiger charge is -2.49. The maximum atomic E-state index is 14.3. The first-order chi connectivity index (χ1) is 22.6. The van der Waals surface area contributed by atoms with E-state index in [0.717, 1.165) is 11.6 Å². The first-order valence-electron chi connectivity index (χ1n) is 14.3. The number of methoxy groups -OCH3 is 1. The molecule has 3 aromatic heterocycles. The Balaban J connectivity index is 1.35. The molecule has 2 aromatic carbocycles. The highest BCUT2D eigenvalue weighted by Gasteiger charge is 2.53. The second kappa shape index (κ2) is 12.8. The average Bonchev–Trinajstić information content (AvgIpc) is 3.83. The highest BCUT2D eigenvalue weighted by molar-refractivity contribution is 7.13. The molecule has 0 spiro atoms. The Labute approximate surface area is 280 Å². The van der Waals surface area contributed by atoms with Gasteiger partial charge < -0.3 is 18.9 Å². The summed E-state index contributed by atoms with van der Waals surface area (Å²) in [6.45, 7) is 3.88. The first kappa shape index (κ1) is 31.9. The summed E-state index contributed by atoms with van der Waals surface area (Å²) >= 11 is 13.6. The largest absolute Gasteiger partial charge is 0.418 e. The quantitative estimate of drug-likeness (QED) is 0.173. The summed E-state index contributed by atoms with van der Waals surface area (Å²) in [6.07, 6.45) is -5.54. The van der Waals surface area contributed by atoms with Crippen LogP contribution in [0.2, 0.25) is 10.2 Å². The topological polar surface area (TPSA) is 98.3 Å². The van der Waals surface area contributed by atoms with Crippen molar-refractivity contribution < 1.29 is 32.1 Å². The summed E-state index contributed by atoms with van der Waals surface area (Å²) in [7, 11) is 1.48. The minimum absolute atomic E-state index is 0.0962. The number of benzene rings is 2. The van der Waals surface area contributed by atoms with E-state index in [1.165, 1.54) is 41.3 Å². The van der Waals surface area contributed by atoms with E-state index in [9.17, 15) is 13.2 Å². The molecule has 2 fully saturated rings. The Morgan fingerprint density at radius 2 is 1.91 bits per heavy atom. The fourth-order valence-electron chi connectivity index (χ4n) is 5.90. The monoisotopic (exact) mass is 704 g/mol. The van der Waals surface area contributed by atoms with E-state index in [1.54, 1.807) is 22.3 Å². The SMILES string of the molecule is C=Cc1cc([C@@H]2O[C@@H]3COC(c4ccccc4)O[C@@H]3[C@H](n3cc(-c4nc(Cl)cs4)nn3)[C@H]2OC)n(-c2cc(Cl)ccc2C(F)(F)F)n1. The minimum atomic E-state index is -4.70. The standard InChI is InChI=1S/C31H25Cl2F3N6O4S/c1-3-18-12-22(42(39-18)21-11-17(32)9-10-19(21)31(34,35)36)26-28(43-2)25(41-13-20(38-40-41)29-37-24(33)15-47-29)27-23(45-26)14-44-30(46-27)16-7-5-4-6-8-16/h3-13,15,23,25-28,30H,1,14H2,2H3/t23-,25+,26+,27+,28-,30?/m1/s1. The van der Waals surface area contributed by atoms with E-state index in [2.05, 4.69) is 27.0 Å². The number of hydrogen-bond donors (Lipinski definition) is 0. The average molecular weight is 706 g/mol. The molecular formula is C31H25Cl2F3N6O4S. The molecule has 7 rings (SSSR count). The molecule has 5 aromatic rings. The van der Waals surface area contributed by atoms with Crippen LogP contribution in [0.15, 0.2) is 72.8 Å². The summed E-state index contributed by atoms with van der Waals surface area (Å²) in [5.74, 6) is 0. The van der Waals surface area contributed by atoms with Crippen molar-refractivity contribution in [1.82, 2.24) is 29.8 Å². The molecule has 16 heteroatoms. The molecule has 244 valence electrons. The lowest BCUT2D eigenvalue weighted by atomic mass is 9.89. The Hall–Kier alpha value is -3.63. The summed E-state index contributed by atoms with van der Waals surface area (Å²) < 4.78 is 71.0. The van der Waals surface area contributed by atoms with E-state index < -0.39 is 48.5 Å². The number of ether oxygens (including phenoxy) is 4. The predicted molar refractivity (Wildman–Crippen MR) is 167 cm³/mol. The van der Waals surface area contributed by atoms with Crippen LogP contribution in [0.4, 0.5) is 13.2 Å². The molecule has 10 nitrogen and oxygen atoms in total. The molecule has 0 radical (unpaired) electrons. The molecule has 0 saturated carbocycles. The Kier molecular flexibility index (Phi) is 8.68. The van der Waals surface area contributed by atoms with Gasteiger partial charge in [-0.3, -0.25) is 0 Å². The lowest BCUT2D eigenvalue weighted by Crippen LogP contribution is -2.57. The van der Waals surface area contributed by atoms with E-state index in [-0.39, 0.29) is 23.0 Å². The minimum Gasteiger partial charge on any atom is -0.376 e. The van der Waals surface area contributed by atoms with Gasteiger partial charge in [0.2, 0.25) is 0 Å².